The van der Waals surface area contributed by atoms with Gasteiger partial charge in [0.25, 0.3) is 0 Å². The van der Waals surface area contributed by atoms with Gasteiger partial charge in [-0.15, -0.1) is 0 Å². The van der Waals surface area contributed by atoms with Crippen LogP contribution in [0, 0.1) is 0 Å². The fourth-order valence-electron chi connectivity index (χ4n) is 1.51. The average molecular weight is 334 g/mol. The lowest BCUT2D eigenvalue weighted by molar-refractivity contribution is 0.544. The molecule has 0 saturated heterocycles. The minimum atomic E-state index is -3.03. The molecule has 0 unspecified atom stereocenters. The number of rotatable bonds is 7. The molecule has 0 aromatic heterocycles. The lowest BCUT2D eigenvalue weighted by atomic mass is 10.2. The third-order valence-corrected chi connectivity index (χ3v) is 4.95. The van der Waals surface area contributed by atoms with Crippen LogP contribution < -0.4 is 5.32 Å². The summed E-state index contributed by atoms with van der Waals surface area (Å²) in [5, 5.41) is 3.20. The van der Waals surface area contributed by atoms with E-state index in [0.29, 0.717) is 12.6 Å². The molecule has 3 nitrogen and oxygen atoms in total. The Labute approximate surface area is 118 Å². The predicted molar refractivity (Wildman–Crippen MR) is 79.4 cm³/mol. The van der Waals surface area contributed by atoms with Gasteiger partial charge in [-0.1, -0.05) is 35.0 Å². The summed E-state index contributed by atoms with van der Waals surface area (Å²) in [6.45, 7) is 4.66. The second kappa shape index (κ2) is 7.26. The molecular weight excluding hydrogens is 314 g/mol. The molecule has 0 aliphatic heterocycles. The second-order valence-electron chi connectivity index (χ2n) is 4.48. The molecule has 18 heavy (non-hydrogen) atoms. The van der Waals surface area contributed by atoms with Gasteiger partial charge in [-0.05, 0) is 31.0 Å². The molecule has 0 fully saturated rings. The van der Waals surface area contributed by atoms with Gasteiger partial charge in [0.2, 0.25) is 0 Å². The van der Waals surface area contributed by atoms with Crippen molar-refractivity contribution in [1.82, 2.24) is 5.32 Å². The number of hydrogen-bond acceptors (Lipinski definition) is 3. The van der Waals surface area contributed by atoms with E-state index in [2.05, 4.69) is 35.1 Å². The Morgan fingerprint density at radius 2 is 1.89 bits per heavy atom. The van der Waals surface area contributed by atoms with Gasteiger partial charge in [0, 0.05) is 17.1 Å². The third-order valence-electron chi connectivity index (χ3n) is 2.82. The number of benzene rings is 1. The van der Waals surface area contributed by atoms with Crippen LogP contribution in [0.3, 0.4) is 0 Å². The lowest BCUT2D eigenvalue weighted by Crippen LogP contribution is -2.30. The lowest BCUT2D eigenvalue weighted by Gasteiger charge is -2.11. The van der Waals surface area contributed by atoms with Crippen LogP contribution in [-0.2, 0) is 15.6 Å². The molecule has 0 spiro atoms. The highest BCUT2D eigenvalue weighted by atomic mass is 79.9. The summed E-state index contributed by atoms with van der Waals surface area (Å²) in [7, 11) is -3.03. The highest BCUT2D eigenvalue weighted by Gasteiger charge is 2.12. The number of nitrogens with one attached hydrogen (secondary N) is 1. The highest BCUT2D eigenvalue weighted by molar-refractivity contribution is 9.10. The van der Waals surface area contributed by atoms with E-state index in [9.17, 15) is 8.42 Å². The van der Waals surface area contributed by atoms with Gasteiger partial charge in [-0.2, -0.15) is 0 Å². The van der Waals surface area contributed by atoms with Gasteiger partial charge in [-0.25, -0.2) is 8.42 Å². The van der Waals surface area contributed by atoms with E-state index in [0.717, 1.165) is 16.5 Å². The van der Waals surface area contributed by atoms with E-state index in [1.165, 1.54) is 0 Å². The van der Waals surface area contributed by atoms with Crippen molar-refractivity contribution in [1.29, 1.82) is 0 Å². The Morgan fingerprint density at radius 1 is 1.28 bits per heavy atom. The zero-order valence-corrected chi connectivity index (χ0v) is 13.2. The largest absolute Gasteiger partial charge is 0.313 e. The van der Waals surface area contributed by atoms with E-state index in [-0.39, 0.29) is 11.5 Å². The Balaban J connectivity index is 2.47. The third kappa shape index (κ3) is 5.98. The summed E-state index contributed by atoms with van der Waals surface area (Å²) in [5.41, 5.74) is 0.835. The summed E-state index contributed by atoms with van der Waals surface area (Å²) in [6.07, 6.45) is 1.01. The predicted octanol–water partition coefficient (Wildman–Crippen LogP) is 2.75. The van der Waals surface area contributed by atoms with Crippen LogP contribution in [0.2, 0.25) is 0 Å². The number of sulfone groups is 1. The van der Waals surface area contributed by atoms with E-state index in [1.807, 2.05) is 24.3 Å². The molecule has 0 radical (unpaired) electrons. The van der Waals surface area contributed by atoms with E-state index >= 15 is 0 Å². The summed E-state index contributed by atoms with van der Waals surface area (Å²) >= 11 is 3.33. The minimum Gasteiger partial charge on any atom is -0.313 e. The van der Waals surface area contributed by atoms with Crippen molar-refractivity contribution < 1.29 is 8.42 Å². The first-order valence-electron chi connectivity index (χ1n) is 6.11. The monoisotopic (exact) mass is 333 g/mol. The normalized spacial score (nSPS) is 13.5. The SMILES string of the molecule is CC[C@H](C)NCCS(=O)(=O)Cc1ccc(Br)cc1. The van der Waals surface area contributed by atoms with Gasteiger partial charge in [-0.3, -0.25) is 0 Å². The van der Waals surface area contributed by atoms with Crippen molar-refractivity contribution in [3.05, 3.63) is 34.3 Å². The van der Waals surface area contributed by atoms with Crippen LogP contribution in [0.15, 0.2) is 28.7 Å². The summed E-state index contributed by atoms with van der Waals surface area (Å²) < 4.78 is 24.8. The average Bonchev–Trinajstić information content (AvgIpc) is 2.31. The first kappa shape index (κ1) is 15.7. The van der Waals surface area contributed by atoms with Crippen LogP contribution in [0.25, 0.3) is 0 Å². The van der Waals surface area contributed by atoms with Crippen LogP contribution in [0.1, 0.15) is 25.8 Å². The molecule has 1 N–H and O–H groups in total. The fourth-order valence-corrected chi connectivity index (χ4v) is 3.05. The maximum Gasteiger partial charge on any atom is 0.155 e. The van der Waals surface area contributed by atoms with Crippen molar-refractivity contribution in [2.75, 3.05) is 12.3 Å². The molecular formula is C13H20BrNO2S. The maximum atomic E-state index is 11.9. The molecule has 0 bridgehead atoms. The number of hydrogen-bond donors (Lipinski definition) is 1. The van der Waals surface area contributed by atoms with Gasteiger partial charge < -0.3 is 5.32 Å². The Hall–Kier alpha value is -0.390. The van der Waals surface area contributed by atoms with Crippen molar-refractivity contribution in [2.24, 2.45) is 0 Å². The van der Waals surface area contributed by atoms with Gasteiger partial charge in [0.1, 0.15) is 0 Å². The molecule has 1 atom stereocenters. The molecule has 1 aromatic carbocycles. The van der Waals surface area contributed by atoms with Crippen LogP contribution in [-0.4, -0.2) is 26.8 Å². The second-order valence-corrected chi connectivity index (χ2v) is 7.58. The molecule has 1 aromatic rings. The number of halogens is 1. The maximum absolute atomic E-state index is 11.9. The van der Waals surface area contributed by atoms with Crippen molar-refractivity contribution in [2.45, 2.75) is 32.1 Å². The zero-order chi connectivity index (χ0) is 13.6. The fraction of sp³-hybridized carbons (Fsp3) is 0.538. The Kier molecular flexibility index (Phi) is 6.32. The first-order valence-corrected chi connectivity index (χ1v) is 8.72. The van der Waals surface area contributed by atoms with Crippen molar-refractivity contribution >= 4 is 25.8 Å². The van der Waals surface area contributed by atoms with E-state index in [4.69, 9.17) is 0 Å². The minimum absolute atomic E-state index is 0.114. The highest BCUT2D eigenvalue weighted by Crippen LogP contribution is 2.13. The van der Waals surface area contributed by atoms with Crippen LogP contribution >= 0.6 is 15.9 Å². The molecule has 102 valence electrons. The molecule has 0 heterocycles. The summed E-state index contributed by atoms with van der Waals surface area (Å²) in [5.74, 6) is 0.301. The first-order chi connectivity index (χ1) is 8.43. The Bertz CT molecular complexity index is 456. The van der Waals surface area contributed by atoms with Crippen molar-refractivity contribution in [3.8, 4) is 0 Å². The van der Waals surface area contributed by atoms with Crippen LogP contribution in [0.5, 0.6) is 0 Å². The van der Waals surface area contributed by atoms with E-state index < -0.39 is 9.84 Å². The van der Waals surface area contributed by atoms with Crippen molar-refractivity contribution in [3.63, 3.8) is 0 Å². The van der Waals surface area contributed by atoms with Gasteiger partial charge in [0.15, 0.2) is 9.84 Å². The van der Waals surface area contributed by atoms with Gasteiger partial charge >= 0.3 is 0 Å². The molecule has 0 amide bonds. The summed E-state index contributed by atoms with van der Waals surface area (Å²) in [4.78, 5) is 0. The van der Waals surface area contributed by atoms with Crippen LogP contribution in [0.4, 0.5) is 0 Å². The standard InChI is InChI=1S/C13H20BrNO2S/c1-3-11(2)15-8-9-18(16,17)10-12-4-6-13(14)7-5-12/h4-7,11,15H,3,8-10H2,1-2H3/t11-/m0/s1. The molecule has 0 saturated carbocycles. The quantitative estimate of drug-likeness (QED) is 0.834. The smallest absolute Gasteiger partial charge is 0.155 e. The molecule has 5 heteroatoms. The summed E-state index contributed by atoms with van der Waals surface area (Å²) in [6, 6.07) is 7.77. The van der Waals surface area contributed by atoms with Gasteiger partial charge in [0.05, 0.1) is 11.5 Å². The van der Waals surface area contributed by atoms with E-state index in [1.54, 1.807) is 0 Å². The topological polar surface area (TPSA) is 46.2 Å². The molecule has 1 rings (SSSR count). The molecule has 0 aliphatic rings. The molecule has 0 aliphatic carbocycles. The Morgan fingerprint density at radius 3 is 2.44 bits per heavy atom. The zero-order valence-electron chi connectivity index (χ0n) is 10.8.